The molecule has 0 atom stereocenters. The molecule has 0 saturated heterocycles. The van der Waals surface area contributed by atoms with E-state index < -0.39 is 7.14 Å². The van der Waals surface area contributed by atoms with Gasteiger partial charge in [-0.25, -0.2) is 0 Å². The largest absolute Gasteiger partial charge is 0.396 e. The highest BCUT2D eigenvalue weighted by Crippen LogP contribution is 2.42. The Hall–Kier alpha value is 0.110. The summed E-state index contributed by atoms with van der Waals surface area (Å²) in [5.74, 6) is 0. The molecule has 3 N–H and O–H groups in total. The van der Waals surface area contributed by atoms with Crippen LogP contribution >= 0.6 is 7.14 Å². The summed E-state index contributed by atoms with van der Waals surface area (Å²) in [4.78, 5) is 0. The molecule has 0 aliphatic carbocycles. The van der Waals surface area contributed by atoms with Gasteiger partial charge in [0.05, 0.1) is 0 Å². The number of aliphatic hydroxyl groups is 2. The number of hydrogen-bond acceptors (Lipinski definition) is 4. The lowest BCUT2D eigenvalue weighted by atomic mass is 10.9. The summed E-state index contributed by atoms with van der Waals surface area (Å²) in [6, 6.07) is 0. The highest BCUT2D eigenvalue weighted by atomic mass is 31.2. The van der Waals surface area contributed by atoms with Gasteiger partial charge in [-0.1, -0.05) is 0 Å². The lowest BCUT2D eigenvalue weighted by Crippen LogP contribution is -2.15. The second-order valence-corrected chi connectivity index (χ2v) is 5.79. The monoisotopic (exact) mass is 181 g/mol. The van der Waals surface area contributed by atoms with Crippen molar-refractivity contribution in [2.24, 2.45) is 0 Å². The Balaban J connectivity index is 3.91. The predicted octanol–water partition coefficient (Wildman–Crippen LogP) is -0.489. The number of hydrogen-bond donors (Lipinski definition) is 3. The van der Waals surface area contributed by atoms with Crippen LogP contribution in [0.2, 0.25) is 0 Å². The molecule has 0 fully saturated rings. The van der Waals surface area contributed by atoms with Crippen molar-refractivity contribution in [2.45, 2.75) is 0 Å². The van der Waals surface area contributed by atoms with Gasteiger partial charge in [-0.05, 0) is 7.05 Å². The first-order valence-corrected chi connectivity index (χ1v) is 5.88. The topological polar surface area (TPSA) is 69.6 Å². The average Bonchev–Trinajstić information content (AvgIpc) is 1.88. The molecule has 0 rings (SSSR count). The molecule has 0 unspecified atom stereocenters. The summed E-state index contributed by atoms with van der Waals surface area (Å²) in [6.45, 7) is -0.141. The molecular weight excluding hydrogens is 165 g/mol. The van der Waals surface area contributed by atoms with Crippen LogP contribution in [-0.2, 0) is 4.57 Å². The quantitative estimate of drug-likeness (QED) is 0.484. The zero-order chi connectivity index (χ0) is 8.74. The van der Waals surface area contributed by atoms with Crippen molar-refractivity contribution in [1.29, 1.82) is 0 Å². The van der Waals surface area contributed by atoms with E-state index in [1.165, 1.54) is 0 Å². The van der Waals surface area contributed by atoms with Crippen LogP contribution in [0.1, 0.15) is 0 Å². The van der Waals surface area contributed by atoms with Crippen LogP contribution in [0.5, 0.6) is 0 Å². The molecule has 0 saturated carbocycles. The van der Waals surface area contributed by atoms with E-state index >= 15 is 0 Å². The molecule has 0 aliphatic heterocycles. The first-order valence-electron chi connectivity index (χ1n) is 3.62. The highest BCUT2D eigenvalue weighted by Gasteiger charge is 2.18. The maximum atomic E-state index is 11.6. The normalized spacial score (nSPS) is 11.9. The van der Waals surface area contributed by atoms with E-state index in [4.69, 9.17) is 10.2 Å². The van der Waals surface area contributed by atoms with Gasteiger partial charge in [-0.3, -0.25) is 0 Å². The van der Waals surface area contributed by atoms with Crippen molar-refractivity contribution in [3.63, 3.8) is 0 Å². The molecule has 0 spiro atoms. The Labute approximate surface area is 67.0 Å². The molecule has 11 heavy (non-hydrogen) atoms. The van der Waals surface area contributed by atoms with Gasteiger partial charge in [0.25, 0.3) is 0 Å². The van der Waals surface area contributed by atoms with E-state index in [0.29, 0.717) is 18.6 Å². The third-order valence-electron chi connectivity index (χ3n) is 1.46. The SMILES string of the molecule is CNCP(=O)(CCO)CCO. The fraction of sp³-hybridized carbons (Fsp3) is 1.00. The minimum absolute atomic E-state index is 0.0705. The predicted molar refractivity (Wildman–Crippen MR) is 45.4 cm³/mol. The fourth-order valence-corrected chi connectivity index (χ4v) is 2.77. The molecular formula is C6H16NO3P. The maximum absolute atomic E-state index is 11.6. The van der Waals surface area contributed by atoms with E-state index in [2.05, 4.69) is 5.32 Å². The lowest BCUT2D eigenvalue weighted by molar-refractivity contribution is 0.311. The molecule has 0 aromatic rings. The Bertz CT molecular complexity index is 116. The molecule has 0 aromatic carbocycles. The summed E-state index contributed by atoms with van der Waals surface area (Å²) in [5, 5.41) is 19.9. The first kappa shape index (κ1) is 11.1. The van der Waals surface area contributed by atoms with Crippen LogP contribution in [0.15, 0.2) is 0 Å². The van der Waals surface area contributed by atoms with Crippen LogP contribution in [0.4, 0.5) is 0 Å². The first-order chi connectivity index (χ1) is 5.18. The summed E-state index contributed by atoms with van der Waals surface area (Å²) >= 11 is 0. The van der Waals surface area contributed by atoms with Crippen LogP contribution in [0.3, 0.4) is 0 Å². The minimum atomic E-state index is -2.33. The molecule has 0 heterocycles. The summed E-state index contributed by atoms with van der Waals surface area (Å²) in [6.07, 6.45) is 0.997. The van der Waals surface area contributed by atoms with Crippen LogP contribution in [0.25, 0.3) is 0 Å². The molecule has 0 amide bonds. The molecule has 5 heteroatoms. The van der Waals surface area contributed by atoms with Gasteiger partial charge in [0.1, 0.15) is 7.14 Å². The van der Waals surface area contributed by atoms with Crippen molar-refractivity contribution in [2.75, 3.05) is 38.9 Å². The summed E-state index contributed by atoms with van der Waals surface area (Å²) in [7, 11) is -0.621. The Morgan fingerprint density at radius 2 is 1.73 bits per heavy atom. The summed E-state index contributed by atoms with van der Waals surface area (Å²) < 4.78 is 11.6. The smallest absolute Gasteiger partial charge is 0.105 e. The van der Waals surface area contributed by atoms with Gasteiger partial charge >= 0.3 is 0 Å². The van der Waals surface area contributed by atoms with E-state index in [1.54, 1.807) is 7.05 Å². The number of nitrogens with one attached hydrogen (secondary N) is 1. The Kier molecular flexibility index (Phi) is 5.78. The highest BCUT2D eigenvalue weighted by molar-refractivity contribution is 7.63. The van der Waals surface area contributed by atoms with Crippen molar-refractivity contribution in [1.82, 2.24) is 5.32 Å². The van der Waals surface area contributed by atoms with Crippen LogP contribution < -0.4 is 5.32 Å². The van der Waals surface area contributed by atoms with Gasteiger partial charge in [-0.2, -0.15) is 0 Å². The second-order valence-electron chi connectivity index (χ2n) is 2.46. The third-order valence-corrected chi connectivity index (χ3v) is 4.38. The van der Waals surface area contributed by atoms with Gasteiger partial charge in [0.2, 0.25) is 0 Å². The van der Waals surface area contributed by atoms with Crippen molar-refractivity contribution >= 4 is 7.14 Å². The van der Waals surface area contributed by atoms with Crippen LogP contribution in [0, 0.1) is 0 Å². The Morgan fingerprint density at radius 1 is 1.27 bits per heavy atom. The number of rotatable bonds is 6. The maximum Gasteiger partial charge on any atom is 0.105 e. The molecule has 0 aromatic heterocycles. The third kappa shape index (κ3) is 4.53. The molecule has 0 aliphatic rings. The van der Waals surface area contributed by atoms with Gasteiger partial charge < -0.3 is 20.1 Å². The van der Waals surface area contributed by atoms with Gasteiger partial charge in [-0.15, -0.1) is 0 Å². The van der Waals surface area contributed by atoms with E-state index in [-0.39, 0.29) is 13.2 Å². The molecule has 0 radical (unpaired) electrons. The molecule has 0 bridgehead atoms. The minimum Gasteiger partial charge on any atom is -0.396 e. The average molecular weight is 181 g/mol. The van der Waals surface area contributed by atoms with Crippen molar-refractivity contribution in [3.8, 4) is 0 Å². The second kappa shape index (κ2) is 5.72. The Morgan fingerprint density at radius 3 is 2.00 bits per heavy atom. The van der Waals surface area contributed by atoms with Crippen molar-refractivity contribution < 1.29 is 14.8 Å². The van der Waals surface area contributed by atoms with Gasteiger partial charge in [0.15, 0.2) is 0 Å². The molecule has 4 nitrogen and oxygen atoms in total. The summed E-state index contributed by atoms with van der Waals surface area (Å²) in [5.41, 5.74) is 0. The van der Waals surface area contributed by atoms with E-state index in [9.17, 15) is 4.57 Å². The molecule has 68 valence electrons. The zero-order valence-corrected chi connectivity index (χ0v) is 7.68. The number of aliphatic hydroxyl groups excluding tert-OH is 2. The van der Waals surface area contributed by atoms with Crippen molar-refractivity contribution in [3.05, 3.63) is 0 Å². The van der Waals surface area contributed by atoms with E-state index in [1.807, 2.05) is 0 Å². The lowest BCUT2D eigenvalue weighted by Gasteiger charge is -2.14. The van der Waals surface area contributed by atoms with Gasteiger partial charge in [0, 0.05) is 31.8 Å². The fourth-order valence-electron chi connectivity index (χ4n) is 0.923. The van der Waals surface area contributed by atoms with E-state index in [0.717, 1.165) is 0 Å². The zero-order valence-electron chi connectivity index (χ0n) is 6.79. The van der Waals surface area contributed by atoms with Crippen LogP contribution in [-0.4, -0.2) is 49.1 Å². The standard InChI is InChI=1S/C6H16NO3P/c1-7-6-11(10,4-2-8)5-3-9/h7-9H,2-6H2,1H3.